The summed E-state index contributed by atoms with van der Waals surface area (Å²) in [6.45, 7) is 3.18. The topological polar surface area (TPSA) is 78.4 Å². The molecule has 28 heavy (non-hydrogen) atoms. The van der Waals surface area contributed by atoms with Crippen molar-refractivity contribution in [1.29, 1.82) is 0 Å². The molecule has 7 heteroatoms. The molecular weight excluding hydrogens is 372 g/mol. The van der Waals surface area contributed by atoms with Crippen LogP contribution in [0.2, 0.25) is 0 Å². The zero-order valence-electron chi connectivity index (χ0n) is 15.7. The molecule has 3 heterocycles. The van der Waals surface area contributed by atoms with Crippen molar-refractivity contribution in [2.24, 2.45) is 17.8 Å². The Morgan fingerprint density at radius 2 is 2.07 bits per heavy atom. The van der Waals surface area contributed by atoms with Crippen LogP contribution in [-0.4, -0.2) is 39.0 Å². The lowest BCUT2D eigenvalue weighted by Gasteiger charge is -2.30. The quantitative estimate of drug-likeness (QED) is 0.690. The summed E-state index contributed by atoms with van der Waals surface area (Å²) in [7, 11) is 0. The number of benzene rings is 1. The number of likely N-dealkylation sites (tertiary alicyclic amines) is 1. The first-order valence-electron chi connectivity index (χ1n) is 9.97. The molecule has 3 atom stereocenters. The second-order valence-corrected chi connectivity index (χ2v) is 9.29. The average molecular weight is 397 g/mol. The normalized spacial score (nSPS) is 26.1. The largest absolute Gasteiger partial charge is 0.481 e. The number of fused-ring (bicyclic) bond motifs is 3. The Bertz CT molecular complexity index is 906. The van der Waals surface area contributed by atoms with E-state index in [9.17, 15) is 4.79 Å². The monoisotopic (exact) mass is 396 g/mol. The molecular formula is C21H24N4O2S. The molecule has 0 spiro atoms. The van der Waals surface area contributed by atoms with Gasteiger partial charge in [0.25, 0.3) is 0 Å². The third kappa shape index (κ3) is 3.61. The van der Waals surface area contributed by atoms with Crippen LogP contribution in [0.4, 0.5) is 11.5 Å². The number of hydrogen-bond donors (Lipinski definition) is 2. The van der Waals surface area contributed by atoms with E-state index in [0.29, 0.717) is 18.3 Å². The smallest absolute Gasteiger partial charge is 0.303 e. The van der Waals surface area contributed by atoms with Gasteiger partial charge in [-0.1, -0.05) is 17.8 Å². The number of carbonyl (C=O) groups is 1. The molecule has 1 aromatic carbocycles. The molecule has 2 fully saturated rings. The SMILES string of the molecule is O=C(O)CC1CCC2CN(Cc3ccc4c(c3)Nc3nccnc3S4)CC2C1. The Morgan fingerprint density at radius 3 is 2.96 bits per heavy atom. The van der Waals surface area contributed by atoms with E-state index < -0.39 is 5.97 Å². The van der Waals surface area contributed by atoms with Gasteiger partial charge in [-0.05, 0) is 54.7 Å². The maximum atomic E-state index is 11.0. The lowest BCUT2D eigenvalue weighted by molar-refractivity contribution is -0.138. The predicted octanol–water partition coefficient (Wildman–Crippen LogP) is 4.01. The fraction of sp³-hybridized carbons (Fsp3) is 0.476. The van der Waals surface area contributed by atoms with Gasteiger partial charge < -0.3 is 10.4 Å². The summed E-state index contributed by atoms with van der Waals surface area (Å²) in [6, 6.07) is 6.62. The minimum atomic E-state index is -0.649. The van der Waals surface area contributed by atoms with Gasteiger partial charge in [0.1, 0.15) is 5.03 Å². The van der Waals surface area contributed by atoms with Gasteiger partial charge in [-0.25, -0.2) is 9.97 Å². The van der Waals surface area contributed by atoms with E-state index in [1.54, 1.807) is 24.2 Å². The van der Waals surface area contributed by atoms with Crippen LogP contribution in [0.3, 0.4) is 0 Å². The summed E-state index contributed by atoms with van der Waals surface area (Å²) >= 11 is 1.66. The number of nitrogens with zero attached hydrogens (tertiary/aromatic N) is 3. The Hall–Kier alpha value is -2.12. The van der Waals surface area contributed by atoms with Crippen LogP contribution in [-0.2, 0) is 11.3 Å². The summed E-state index contributed by atoms with van der Waals surface area (Å²) in [4.78, 5) is 23.5. The molecule has 3 unspecified atom stereocenters. The maximum Gasteiger partial charge on any atom is 0.303 e. The predicted molar refractivity (Wildman–Crippen MR) is 108 cm³/mol. The first kappa shape index (κ1) is 17.9. The van der Waals surface area contributed by atoms with Crippen molar-refractivity contribution >= 4 is 29.2 Å². The Balaban J connectivity index is 1.24. The van der Waals surface area contributed by atoms with Gasteiger partial charge in [0.05, 0.1) is 5.69 Å². The highest BCUT2D eigenvalue weighted by molar-refractivity contribution is 7.99. The summed E-state index contributed by atoms with van der Waals surface area (Å²) in [5, 5.41) is 13.4. The van der Waals surface area contributed by atoms with E-state index >= 15 is 0 Å². The van der Waals surface area contributed by atoms with Crippen molar-refractivity contribution in [3.05, 3.63) is 36.2 Å². The van der Waals surface area contributed by atoms with Crippen molar-refractivity contribution in [2.45, 2.75) is 42.1 Å². The van der Waals surface area contributed by atoms with E-state index in [-0.39, 0.29) is 0 Å². The van der Waals surface area contributed by atoms with Crippen LogP contribution in [0.5, 0.6) is 0 Å². The van der Waals surface area contributed by atoms with Crippen molar-refractivity contribution in [1.82, 2.24) is 14.9 Å². The number of aromatic nitrogens is 2. The molecule has 1 saturated heterocycles. The highest BCUT2D eigenvalue weighted by Gasteiger charge is 2.38. The first-order valence-corrected chi connectivity index (χ1v) is 10.8. The second kappa shape index (κ2) is 7.37. The standard InChI is InChI=1S/C21H24N4O2S/c26-19(27)9-13-1-3-15-11-25(12-16(15)7-13)10-14-2-4-18-17(8-14)24-20-21(28-18)23-6-5-22-20/h2,4-6,8,13,15-16H,1,3,7,9-12H2,(H,22,24)(H,26,27). The van der Waals surface area contributed by atoms with Crippen LogP contribution in [0.1, 0.15) is 31.2 Å². The molecule has 0 radical (unpaired) electrons. The van der Waals surface area contributed by atoms with Gasteiger partial charge in [0.2, 0.25) is 0 Å². The van der Waals surface area contributed by atoms with E-state index in [0.717, 1.165) is 54.9 Å². The van der Waals surface area contributed by atoms with Gasteiger partial charge in [0.15, 0.2) is 5.82 Å². The van der Waals surface area contributed by atoms with Crippen LogP contribution >= 0.6 is 11.8 Å². The molecule has 6 nitrogen and oxygen atoms in total. The lowest BCUT2D eigenvalue weighted by Crippen LogP contribution is -2.24. The minimum absolute atomic E-state index is 0.335. The first-order chi connectivity index (χ1) is 13.6. The van der Waals surface area contributed by atoms with E-state index in [1.165, 1.54) is 16.9 Å². The van der Waals surface area contributed by atoms with Gasteiger partial charge in [-0.15, -0.1) is 0 Å². The fourth-order valence-corrected chi connectivity index (χ4v) is 5.90. The van der Waals surface area contributed by atoms with Gasteiger partial charge in [-0.2, -0.15) is 0 Å². The molecule has 2 aromatic rings. The molecule has 1 aromatic heterocycles. The Morgan fingerprint density at radius 1 is 1.21 bits per heavy atom. The zero-order valence-corrected chi connectivity index (χ0v) is 16.5. The summed E-state index contributed by atoms with van der Waals surface area (Å²) in [6.07, 6.45) is 7.09. The van der Waals surface area contributed by atoms with Crippen molar-refractivity contribution < 1.29 is 9.90 Å². The van der Waals surface area contributed by atoms with E-state index in [4.69, 9.17) is 5.11 Å². The van der Waals surface area contributed by atoms with Crippen LogP contribution < -0.4 is 5.32 Å². The van der Waals surface area contributed by atoms with Crippen LogP contribution in [0, 0.1) is 17.8 Å². The summed E-state index contributed by atoms with van der Waals surface area (Å²) < 4.78 is 0. The summed E-state index contributed by atoms with van der Waals surface area (Å²) in [5.74, 6) is 1.94. The fourth-order valence-electron chi connectivity index (χ4n) is 5.02. The molecule has 5 rings (SSSR count). The highest BCUT2D eigenvalue weighted by Crippen LogP contribution is 2.43. The molecule has 0 amide bonds. The minimum Gasteiger partial charge on any atom is -0.481 e. The van der Waals surface area contributed by atoms with Crippen molar-refractivity contribution in [3.8, 4) is 0 Å². The zero-order chi connectivity index (χ0) is 19.1. The molecule has 1 saturated carbocycles. The highest BCUT2D eigenvalue weighted by atomic mass is 32.2. The number of hydrogen-bond acceptors (Lipinski definition) is 6. The van der Waals surface area contributed by atoms with Crippen molar-refractivity contribution in [2.75, 3.05) is 18.4 Å². The molecule has 146 valence electrons. The van der Waals surface area contributed by atoms with Gasteiger partial charge in [-0.3, -0.25) is 9.69 Å². The molecule has 1 aliphatic carbocycles. The van der Waals surface area contributed by atoms with Crippen LogP contribution in [0.15, 0.2) is 40.5 Å². The average Bonchev–Trinajstić information content (AvgIpc) is 3.07. The number of rotatable bonds is 4. The van der Waals surface area contributed by atoms with Gasteiger partial charge in [0, 0.05) is 43.3 Å². The molecule has 0 bridgehead atoms. The third-order valence-corrected chi connectivity index (χ3v) is 7.34. The molecule has 2 N–H and O–H groups in total. The van der Waals surface area contributed by atoms with E-state index in [2.05, 4.69) is 38.4 Å². The lowest BCUT2D eigenvalue weighted by atomic mass is 9.75. The number of anilines is 2. The number of carboxylic acid groups (broad SMARTS) is 1. The Labute approximate surface area is 168 Å². The van der Waals surface area contributed by atoms with Crippen molar-refractivity contribution in [3.63, 3.8) is 0 Å². The Kier molecular flexibility index (Phi) is 4.72. The van der Waals surface area contributed by atoms with Crippen LogP contribution in [0.25, 0.3) is 0 Å². The number of nitrogens with one attached hydrogen (secondary N) is 1. The summed E-state index contributed by atoms with van der Waals surface area (Å²) in [5.41, 5.74) is 2.41. The van der Waals surface area contributed by atoms with Gasteiger partial charge >= 0.3 is 5.97 Å². The molecule has 2 aliphatic heterocycles. The second-order valence-electron chi connectivity index (χ2n) is 8.26. The number of carboxylic acids is 1. The third-order valence-electron chi connectivity index (χ3n) is 6.27. The molecule has 3 aliphatic rings. The van der Waals surface area contributed by atoms with E-state index in [1.807, 2.05) is 0 Å². The number of aliphatic carboxylic acids is 1. The maximum absolute atomic E-state index is 11.0.